The molecule has 0 aliphatic rings. The zero-order valence-corrected chi connectivity index (χ0v) is 11.6. The van der Waals surface area contributed by atoms with Gasteiger partial charge in [0.05, 0.1) is 10.4 Å². The minimum atomic E-state index is -3.50. The third-order valence-electron chi connectivity index (χ3n) is 2.97. The molecule has 2 rings (SSSR count). The van der Waals surface area contributed by atoms with Crippen LogP contribution in [0.25, 0.3) is 10.9 Å². The lowest BCUT2D eigenvalue weighted by atomic mass is 10.2. The van der Waals surface area contributed by atoms with Gasteiger partial charge in [0.2, 0.25) is 10.0 Å². The molecular formula is C13H17N3O2S. The summed E-state index contributed by atoms with van der Waals surface area (Å²) in [6.07, 6.45) is 2.29. The fourth-order valence-corrected chi connectivity index (χ4v) is 3.31. The molecule has 0 radical (unpaired) electrons. The molecule has 102 valence electrons. The highest BCUT2D eigenvalue weighted by molar-refractivity contribution is 7.89. The van der Waals surface area contributed by atoms with E-state index in [1.54, 1.807) is 43.6 Å². The van der Waals surface area contributed by atoms with Crippen LogP contribution in [0.5, 0.6) is 0 Å². The van der Waals surface area contributed by atoms with Gasteiger partial charge in [-0.15, -0.1) is 0 Å². The molecule has 19 heavy (non-hydrogen) atoms. The van der Waals surface area contributed by atoms with Crippen LogP contribution in [0, 0.1) is 0 Å². The Morgan fingerprint density at radius 3 is 2.79 bits per heavy atom. The smallest absolute Gasteiger partial charge is 0.243 e. The van der Waals surface area contributed by atoms with Crippen molar-refractivity contribution in [3.63, 3.8) is 0 Å². The van der Waals surface area contributed by atoms with Gasteiger partial charge in [-0.25, -0.2) is 12.7 Å². The average molecular weight is 279 g/mol. The topological polar surface area (TPSA) is 76.3 Å². The molecular weight excluding hydrogens is 262 g/mol. The normalized spacial score (nSPS) is 12.2. The van der Waals surface area contributed by atoms with Crippen molar-refractivity contribution in [3.05, 3.63) is 36.5 Å². The highest BCUT2D eigenvalue weighted by Gasteiger charge is 2.22. The Labute approximate surface area is 113 Å². The van der Waals surface area contributed by atoms with Crippen LogP contribution in [-0.4, -0.2) is 37.8 Å². The molecule has 0 aliphatic carbocycles. The zero-order chi connectivity index (χ0) is 13.9. The number of hydrogen-bond acceptors (Lipinski definition) is 4. The lowest BCUT2D eigenvalue weighted by Gasteiger charge is -2.17. The minimum Gasteiger partial charge on any atom is -0.330 e. The fourth-order valence-electron chi connectivity index (χ4n) is 1.90. The number of pyridine rings is 1. The van der Waals surface area contributed by atoms with Crippen molar-refractivity contribution in [3.8, 4) is 0 Å². The highest BCUT2D eigenvalue weighted by atomic mass is 32.2. The summed E-state index contributed by atoms with van der Waals surface area (Å²) in [4.78, 5) is 4.46. The van der Waals surface area contributed by atoms with Crippen LogP contribution in [0.3, 0.4) is 0 Å². The van der Waals surface area contributed by atoms with Crippen LogP contribution in [0.1, 0.15) is 6.42 Å². The van der Waals surface area contributed by atoms with E-state index in [2.05, 4.69) is 4.98 Å². The van der Waals surface area contributed by atoms with Crippen molar-refractivity contribution in [2.45, 2.75) is 11.3 Å². The summed E-state index contributed by atoms with van der Waals surface area (Å²) in [6, 6.07) is 8.62. The molecule has 0 atom stereocenters. The van der Waals surface area contributed by atoms with E-state index in [1.807, 2.05) is 0 Å². The van der Waals surface area contributed by atoms with E-state index in [-0.39, 0.29) is 4.90 Å². The molecule has 0 saturated heterocycles. The second-order valence-electron chi connectivity index (χ2n) is 4.30. The van der Waals surface area contributed by atoms with Crippen LogP contribution < -0.4 is 5.73 Å². The molecule has 0 unspecified atom stereocenters. The van der Waals surface area contributed by atoms with Gasteiger partial charge in [-0.1, -0.05) is 6.07 Å². The predicted octanol–water partition coefficient (Wildman–Crippen LogP) is 1.20. The van der Waals surface area contributed by atoms with Crippen LogP contribution in [0.2, 0.25) is 0 Å². The lowest BCUT2D eigenvalue weighted by Crippen LogP contribution is -2.29. The maximum atomic E-state index is 12.5. The highest BCUT2D eigenvalue weighted by Crippen LogP contribution is 2.23. The summed E-state index contributed by atoms with van der Waals surface area (Å²) in [7, 11) is -1.93. The van der Waals surface area contributed by atoms with Gasteiger partial charge in [0.25, 0.3) is 0 Å². The predicted molar refractivity (Wildman–Crippen MR) is 75.2 cm³/mol. The van der Waals surface area contributed by atoms with E-state index in [0.29, 0.717) is 30.4 Å². The first-order valence-corrected chi connectivity index (χ1v) is 7.51. The summed E-state index contributed by atoms with van der Waals surface area (Å²) in [5.41, 5.74) is 6.09. The molecule has 0 spiro atoms. The Kier molecular flexibility index (Phi) is 4.14. The molecule has 0 saturated carbocycles. The Balaban J connectivity index is 2.49. The molecule has 2 aromatic rings. The number of nitrogens with zero attached hydrogens (tertiary/aromatic N) is 2. The fraction of sp³-hybridized carbons (Fsp3) is 0.308. The lowest BCUT2D eigenvalue weighted by molar-refractivity contribution is 0.464. The molecule has 0 aliphatic heterocycles. The molecule has 1 aromatic carbocycles. The van der Waals surface area contributed by atoms with Crippen molar-refractivity contribution < 1.29 is 8.42 Å². The number of rotatable bonds is 5. The monoisotopic (exact) mass is 279 g/mol. The van der Waals surface area contributed by atoms with Gasteiger partial charge in [0, 0.05) is 25.2 Å². The first kappa shape index (κ1) is 13.9. The van der Waals surface area contributed by atoms with Gasteiger partial charge in [0.1, 0.15) is 0 Å². The SMILES string of the molecule is CN(CCCN)S(=O)(=O)c1cccc2ncccc12. The van der Waals surface area contributed by atoms with Crippen molar-refractivity contribution >= 4 is 20.9 Å². The quantitative estimate of drug-likeness (QED) is 0.892. The summed E-state index contributed by atoms with van der Waals surface area (Å²) in [5, 5.41) is 0.643. The van der Waals surface area contributed by atoms with Gasteiger partial charge in [-0.2, -0.15) is 0 Å². The Morgan fingerprint density at radius 1 is 1.26 bits per heavy atom. The average Bonchev–Trinajstić information content (AvgIpc) is 2.43. The summed E-state index contributed by atoms with van der Waals surface area (Å²) in [5.74, 6) is 0. The van der Waals surface area contributed by atoms with Crippen LogP contribution in [-0.2, 0) is 10.0 Å². The first-order valence-electron chi connectivity index (χ1n) is 6.07. The summed E-state index contributed by atoms with van der Waals surface area (Å²) in [6.45, 7) is 0.881. The standard InChI is InChI=1S/C13H17N3O2S/c1-16(10-4-8-14)19(17,18)13-7-2-6-12-11(13)5-3-9-15-12/h2-3,5-7,9H,4,8,10,14H2,1H3. The molecule has 0 fully saturated rings. The maximum absolute atomic E-state index is 12.5. The van der Waals surface area contributed by atoms with Crippen molar-refractivity contribution in [2.24, 2.45) is 5.73 Å². The van der Waals surface area contributed by atoms with E-state index < -0.39 is 10.0 Å². The first-order chi connectivity index (χ1) is 9.07. The van der Waals surface area contributed by atoms with Gasteiger partial charge >= 0.3 is 0 Å². The van der Waals surface area contributed by atoms with Crippen molar-refractivity contribution in [1.29, 1.82) is 0 Å². The van der Waals surface area contributed by atoms with Gasteiger partial charge in [-0.05, 0) is 37.2 Å². The number of fused-ring (bicyclic) bond motifs is 1. The van der Waals surface area contributed by atoms with E-state index in [9.17, 15) is 8.42 Å². The van der Waals surface area contributed by atoms with Crippen LogP contribution in [0.15, 0.2) is 41.4 Å². The molecule has 1 aromatic heterocycles. The number of nitrogens with two attached hydrogens (primary N) is 1. The molecule has 0 amide bonds. The van der Waals surface area contributed by atoms with Crippen LogP contribution >= 0.6 is 0 Å². The summed E-state index contributed by atoms with van der Waals surface area (Å²) >= 11 is 0. The molecule has 0 bridgehead atoms. The van der Waals surface area contributed by atoms with Gasteiger partial charge in [0.15, 0.2) is 0 Å². The van der Waals surface area contributed by atoms with E-state index in [0.717, 1.165) is 0 Å². The number of sulfonamides is 1. The van der Waals surface area contributed by atoms with Crippen LogP contribution in [0.4, 0.5) is 0 Å². The van der Waals surface area contributed by atoms with E-state index in [1.165, 1.54) is 4.31 Å². The van der Waals surface area contributed by atoms with Crippen molar-refractivity contribution in [2.75, 3.05) is 20.1 Å². The third-order valence-corrected chi connectivity index (χ3v) is 4.89. The Hall–Kier alpha value is -1.50. The van der Waals surface area contributed by atoms with Gasteiger partial charge in [-0.3, -0.25) is 4.98 Å². The minimum absolute atomic E-state index is 0.289. The summed E-state index contributed by atoms with van der Waals surface area (Å²) < 4.78 is 26.4. The second-order valence-corrected chi connectivity index (χ2v) is 6.31. The number of hydrogen-bond donors (Lipinski definition) is 1. The Morgan fingerprint density at radius 2 is 2.05 bits per heavy atom. The Bertz CT molecular complexity index is 665. The van der Waals surface area contributed by atoms with E-state index >= 15 is 0 Å². The molecule has 1 heterocycles. The zero-order valence-electron chi connectivity index (χ0n) is 10.8. The number of benzene rings is 1. The maximum Gasteiger partial charge on any atom is 0.243 e. The van der Waals surface area contributed by atoms with Gasteiger partial charge < -0.3 is 5.73 Å². The number of aromatic nitrogens is 1. The van der Waals surface area contributed by atoms with Crippen molar-refractivity contribution in [1.82, 2.24) is 9.29 Å². The molecule has 5 nitrogen and oxygen atoms in total. The largest absolute Gasteiger partial charge is 0.330 e. The second kappa shape index (κ2) is 5.64. The molecule has 6 heteroatoms. The van der Waals surface area contributed by atoms with E-state index in [4.69, 9.17) is 5.73 Å². The third kappa shape index (κ3) is 2.75. The molecule has 2 N–H and O–H groups in total.